The molecule has 0 bridgehead atoms. The molecule has 88 valence electrons. The Labute approximate surface area is 95.3 Å². The number of hydrogen-bond acceptors (Lipinski definition) is 2. The van der Waals surface area contributed by atoms with Gasteiger partial charge >= 0.3 is 5.97 Å². The number of aromatic nitrogens is 2. The summed E-state index contributed by atoms with van der Waals surface area (Å²) < 4.78 is 2.17. The molecule has 1 fully saturated rings. The molecule has 4 heteroatoms. The van der Waals surface area contributed by atoms with Crippen molar-refractivity contribution in [2.45, 2.75) is 44.6 Å². The Bertz CT molecular complexity index is 327. The molecule has 1 aliphatic rings. The maximum atomic E-state index is 10.5. The van der Waals surface area contributed by atoms with Gasteiger partial charge in [-0.05, 0) is 38.0 Å². The summed E-state index contributed by atoms with van der Waals surface area (Å²) in [7, 11) is 0. The van der Waals surface area contributed by atoms with Crippen LogP contribution < -0.4 is 0 Å². The molecule has 0 saturated heterocycles. The molecule has 0 spiro atoms. The monoisotopic (exact) mass is 222 g/mol. The summed E-state index contributed by atoms with van der Waals surface area (Å²) in [6, 6.07) is 0.573. The largest absolute Gasteiger partial charge is 0.481 e. The highest BCUT2D eigenvalue weighted by Crippen LogP contribution is 2.34. The second-order valence-electron chi connectivity index (χ2n) is 4.62. The number of rotatable bonds is 4. The minimum Gasteiger partial charge on any atom is -0.481 e. The van der Waals surface area contributed by atoms with Crippen molar-refractivity contribution in [2.24, 2.45) is 5.92 Å². The highest BCUT2D eigenvalue weighted by Gasteiger charge is 2.22. The van der Waals surface area contributed by atoms with Crippen molar-refractivity contribution in [3.05, 3.63) is 18.7 Å². The summed E-state index contributed by atoms with van der Waals surface area (Å²) in [6.07, 6.45) is 11.5. The third-order valence-corrected chi connectivity index (χ3v) is 3.53. The fraction of sp³-hybridized carbons (Fsp3) is 0.667. The molecule has 0 atom stereocenters. The second kappa shape index (κ2) is 5.14. The summed E-state index contributed by atoms with van der Waals surface area (Å²) in [5.74, 6) is -0.0624. The SMILES string of the molecule is O=C(O)CCC1CCC(n2ccnc2)CC1. The molecule has 0 unspecified atom stereocenters. The number of carboxylic acid groups (broad SMARTS) is 1. The predicted octanol–water partition coefficient (Wildman–Crippen LogP) is 2.48. The quantitative estimate of drug-likeness (QED) is 0.851. The van der Waals surface area contributed by atoms with Crippen molar-refractivity contribution in [3.8, 4) is 0 Å². The van der Waals surface area contributed by atoms with Gasteiger partial charge in [-0.25, -0.2) is 4.98 Å². The van der Waals surface area contributed by atoms with E-state index in [1.54, 1.807) is 0 Å². The van der Waals surface area contributed by atoms with E-state index in [9.17, 15) is 4.79 Å². The average Bonchev–Trinajstić information content (AvgIpc) is 2.80. The van der Waals surface area contributed by atoms with Gasteiger partial charge in [0.05, 0.1) is 6.33 Å². The molecular weight excluding hydrogens is 204 g/mol. The van der Waals surface area contributed by atoms with Crippen molar-refractivity contribution in [1.29, 1.82) is 0 Å². The van der Waals surface area contributed by atoms with E-state index in [-0.39, 0.29) is 0 Å². The first kappa shape index (κ1) is 11.2. The average molecular weight is 222 g/mol. The molecular formula is C12H18N2O2. The molecule has 0 aromatic carbocycles. The van der Waals surface area contributed by atoms with Gasteiger partial charge in [0.15, 0.2) is 0 Å². The lowest BCUT2D eigenvalue weighted by Crippen LogP contribution is -2.18. The van der Waals surface area contributed by atoms with Crippen LogP contribution in [0.4, 0.5) is 0 Å². The van der Waals surface area contributed by atoms with E-state index >= 15 is 0 Å². The van der Waals surface area contributed by atoms with Crippen molar-refractivity contribution < 1.29 is 9.90 Å². The van der Waals surface area contributed by atoms with E-state index in [0.717, 1.165) is 32.1 Å². The number of carbonyl (C=O) groups is 1. The highest BCUT2D eigenvalue weighted by molar-refractivity contribution is 5.66. The van der Waals surface area contributed by atoms with Crippen molar-refractivity contribution in [2.75, 3.05) is 0 Å². The van der Waals surface area contributed by atoms with Gasteiger partial charge in [-0.15, -0.1) is 0 Å². The number of nitrogens with zero attached hydrogens (tertiary/aromatic N) is 2. The zero-order chi connectivity index (χ0) is 11.4. The van der Waals surface area contributed by atoms with Crippen LogP contribution in [0.5, 0.6) is 0 Å². The predicted molar refractivity (Wildman–Crippen MR) is 60.1 cm³/mol. The molecule has 1 N–H and O–H groups in total. The van der Waals surface area contributed by atoms with E-state index in [2.05, 4.69) is 9.55 Å². The molecule has 4 nitrogen and oxygen atoms in total. The van der Waals surface area contributed by atoms with Gasteiger partial charge in [-0.1, -0.05) is 0 Å². The Kier molecular flexibility index (Phi) is 3.59. The number of aliphatic carboxylic acids is 1. The Morgan fingerprint density at radius 1 is 1.38 bits per heavy atom. The van der Waals surface area contributed by atoms with Gasteiger partial charge in [0.2, 0.25) is 0 Å². The Balaban J connectivity index is 1.76. The van der Waals surface area contributed by atoms with Crippen molar-refractivity contribution in [1.82, 2.24) is 9.55 Å². The molecule has 16 heavy (non-hydrogen) atoms. The molecule has 0 amide bonds. The third-order valence-electron chi connectivity index (χ3n) is 3.53. The second-order valence-corrected chi connectivity index (χ2v) is 4.62. The normalized spacial score (nSPS) is 25.5. The summed E-state index contributed by atoms with van der Waals surface area (Å²) in [5.41, 5.74) is 0. The lowest BCUT2D eigenvalue weighted by atomic mass is 9.83. The van der Waals surface area contributed by atoms with E-state index in [1.165, 1.54) is 0 Å². The first-order valence-electron chi connectivity index (χ1n) is 5.95. The van der Waals surface area contributed by atoms with Crippen LogP contribution in [0.15, 0.2) is 18.7 Å². The van der Waals surface area contributed by atoms with Crippen molar-refractivity contribution in [3.63, 3.8) is 0 Å². The molecule has 1 aliphatic carbocycles. The molecule has 0 aliphatic heterocycles. The van der Waals surface area contributed by atoms with E-state index < -0.39 is 5.97 Å². The Morgan fingerprint density at radius 2 is 2.12 bits per heavy atom. The third kappa shape index (κ3) is 2.84. The lowest BCUT2D eigenvalue weighted by Gasteiger charge is -2.28. The van der Waals surface area contributed by atoms with Crippen LogP contribution in [0.2, 0.25) is 0 Å². The number of carboxylic acids is 1. The molecule has 1 aromatic rings. The Morgan fingerprint density at radius 3 is 2.69 bits per heavy atom. The molecule has 1 saturated carbocycles. The van der Waals surface area contributed by atoms with Gasteiger partial charge in [-0.2, -0.15) is 0 Å². The Hall–Kier alpha value is -1.32. The van der Waals surface area contributed by atoms with Crippen LogP contribution in [-0.2, 0) is 4.79 Å². The van der Waals surface area contributed by atoms with Crippen molar-refractivity contribution >= 4 is 5.97 Å². The van der Waals surface area contributed by atoms with Crippen LogP contribution >= 0.6 is 0 Å². The molecule has 0 radical (unpaired) electrons. The first-order valence-corrected chi connectivity index (χ1v) is 5.95. The summed E-state index contributed by atoms with van der Waals surface area (Å²) in [4.78, 5) is 14.5. The van der Waals surface area contributed by atoms with E-state index in [0.29, 0.717) is 18.4 Å². The van der Waals surface area contributed by atoms with Crippen LogP contribution in [0, 0.1) is 5.92 Å². The number of imidazole rings is 1. The summed E-state index contributed by atoms with van der Waals surface area (Å²) >= 11 is 0. The van der Waals surface area contributed by atoms with Crippen LogP contribution in [0.3, 0.4) is 0 Å². The van der Waals surface area contributed by atoms with Gasteiger partial charge < -0.3 is 9.67 Å². The summed E-state index contributed by atoms with van der Waals surface area (Å²) in [6.45, 7) is 0. The molecule has 1 heterocycles. The zero-order valence-corrected chi connectivity index (χ0v) is 9.38. The van der Waals surface area contributed by atoms with Gasteiger partial charge in [0.1, 0.15) is 0 Å². The number of hydrogen-bond donors (Lipinski definition) is 1. The highest BCUT2D eigenvalue weighted by atomic mass is 16.4. The van der Waals surface area contributed by atoms with Crippen LogP contribution in [0.25, 0.3) is 0 Å². The smallest absolute Gasteiger partial charge is 0.303 e. The van der Waals surface area contributed by atoms with E-state index in [4.69, 9.17) is 5.11 Å². The maximum absolute atomic E-state index is 10.5. The minimum absolute atomic E-state index is 0.320. The van der Waals surface area contributed by atoms with E-state index in [1.807, 2.05) is 18.7 Å². The van der Waals surface area contributed by atoms with Crippen LogP contribution in [-0.4, -0.2) is 20.6 Å². The standard InChI is InChI=1S/C12H18N2O2/c15-12(16)6-3-10-1-4-11(5-2-10)14-8-7-13-9-14/h7-11H,1-6H2,(H,15,16). The molecule has 2 rings (SSSR count). The van der Waals surface area contributed by atoms with Gasteiger partial charge in [0, 0.05) is 24.9 Å². The van der Waals surface area contributed by atoms with Gasteiger partial charge in [0.25, 0.3) is 0 Å². The summed E-state index contributed by atoms with van der Waals surface area (Å²) in [5, 5.41) is 8.63. The molecule has 1 aromatic heterocycles. The first-order chi connectivity index (χ1) is 7.75. The topological polar surface area (TPSA) is 55.1 Å². The lowest BCUT2D eigenvalue weighted by molar-refractivity contribution is -0.137. The fourth-order valence-electron chi connectivity index (χ4n) is 2.54. The maximum Gasteiger partial charge on any atom is 0.303 e. The van der Waals surface area contributed by atoms with Crippen LogP contribution in [0.1, 0.15) is 44.6 Å². The fourth-order valence-corrected chi connectivity index (χ4v) is 2.54. The minimum atomic E-state index is -0.670. The zero-order valence-electron chi connectivity index (χ0n) is 9.38. The van der Waals surface area contributed by atoms with Gasteiger partial charge in [-0.3, -0.25) is 4.79 Å².